The van der Waals surface area contributed by atoms with E-state index in [0.717, 1.165) is 4.31 Å². The largest absolute Gasteiger partial charge is 0.493 e. The van der Waals surface area contributed by atoms with Crippen molar-refractivity contribution >= 4 is 10.0 Å². The van der Waals surface area contributed by atoms with Crippen LogP contribution in [-0.2, 0) is 22.3 Å². The van der Waals surface area contributed by atoms with Gasteiger partial charge in [-0.25, -0.2) is 12.8 Å². The highest BCUT2D eigenvalue weighted by molar-refractivity contribution is 7.88. The number of sulfonamides is 1. The molecule has 3 rings (SSSR count). The first-order valence-corrected chi connectivity index (χ1v) is 10.2. The first-order chi connectivity index (χ1) is 13.8. The van der Waals surface area contributed by atoms with Gasteiger partial charge in [0.15, 0.2) is 11.5 Å². The molecule has 0 saturated carbocycles. The highest BCUT2D eigenvalue weighted by Crippen LogP contribution is 2.31. The average Bonchev–Trinajstić information content (AvgIpc) is 3.17. The molecule has 0 unspecified atom stereocenters. The number of halogens is 1. The molecule has 0 amide bonds. The minimum Gasteiger partial charge on any atom is -0.493 e. The Labute approximate surface area is 167 Å². The number of benzene rings is 2. The lowest BCUT2D eigenvalue weighted by Crippen LogP contribution is -2.28. The molecule has 0 aliphatic heterocycles. The number of hydrogen-bond donors (Lipinski definition) is 0. The molecule has 0 N–H and O–H groups in total. The van der Waals surface area contributed by atoms with Gasteiger partial charge in [-0.3, -0.25) is 0 Å². The minimum atomic E-state index is -3.78. The molecular weight excluding hydrogens is 401 g/mol. The molecule has 1 aromatic heterocycles. The molecule has 0 aliphatic carbocycles. The second-order valence-electron chi connectivity index (χ2n) is 6.19. The van der Waals surface area contributed by atoms with Crippen LogP contribution in [0.15, 0.2) is 47.0 Å². The quantitative estimate of drug-likeness (QED) is 0.552. The van der Waals surface area contributed by atoms with Crippen LogP contribution in [0, 0.1) is 5.82 Å². The Morgan fingerprint density at radius 3 is 2.52 bits per heavy atom. The number of methoxy groups -OCH3 is 2. The van der Waals surface area contributed by atoms with Crippen LogP contribution in [-0.4, -0.2) is 44.1 Å². The Bertz CT molecular complexity index is 1100. The zero-order valence-corrected chi connectivity index (χ0v) is 16.9. The molecule has 0 atom stereocenters. The standard InChI is InChI=1S/C19H20FN3O5S/c1-23(29(24,25)12-14-6-4-5-7-15(14)20)11-18-21-19(22-28-18)13-8-9-16(26-2)17(10-13)27-3/h4-10H,11-12H2,1-3H3. The Hall–Kier alpha value is -2.98. The van der Waals surface area contributed by atoms with Gasteiger partial charge in [0.1, 0.15) is 5.82 Å². The normalized spacial score (nSPS) is 11.6. The van der Waals surface area contributed by atoms with Crippen LogP contribution in [0.4, 0.5) is 4.39 Å². The van der Waals surface area contributed by atoms with E-state index >= 15 is 0 Å². The van der Waals surface area contributed by atoms with Crippen molar-refractivity contribution in [3.05, 3.63) is 59.7 Å². The summed E-state index contributed by atoms with van der Waals surface area (Å²) in [6, 6.07) is 10.9. The summed E-state index contributed by atoms with van der Waals surface area (Å²) in [4.78, 5) is 4.24. The summed E-state index contributed by atoms with van der Waals surface area (Å²) >= 11 is 0. The van der Waals surface area contributed by atoms with Crippen molar-refractivity contribution in [2.24, 2.45) is 0 Å². The number of rotatable bonds is 8. The molecule has 0 fully saturated rings. The first kappa shape index (κ1) is 20.7. The highest BCUT2D eigenvalue weighted by Gasteiger charge is 2.23. The van der Waals surface area contributed by atoms with E-state index in [4.69, 9.17) is 14.0 Å². The van der Waals surface area contributed by atoms with Crippen LogP contribution in [0.2, 0.25) is 0 Å². The molecule has 0 aliphatic rings. The van der Waals surface area contributed by atoms with E-state index in [-0.39, 0.29) is 23.8 Å². The molecule has 29 heavy (non-hydrogen) atoms. The molecule has 154 valence electrons. The zero-order valence-electron chi connectivity index (χ0n) is 16.1. The number of ether oxygens (including phenoxy) is 2. The fourth-order valence-electron chi connectivity index (χ4n) is 2.62. The first-order valence-electron chi connectivity index (χ1n) is 8.56. The lowest BCUT2D eigenvalue weighted by molar-refractivity contribution is 0.336. The average molecular weight is 421 g/mol. The van der Waals surface area contributed by atoms with Crippen LogP contribution in [0.5, 0.6) is 11.5 Å². The van der Waals surface area contributed by atoms with Gasteiger partial charge >= 0.3 is 0 Å². The summed E-state index contributed by atoms with van der Waals surface area (Å²) < 4.78 is 55.5. The van der Waals surface area contributed by atoms with Gasteiger partial charge in [0.2, 0.25) is 21.7 Å². The fourth-order valence-corrected chi connectivity index (χ4v) is 3.78. The van der Waals surface area contributed by atoms with Gasteiger partial charge in [0.25, 0.3) is 0 Å². The third-order valence-corrected chi connectivity index (χ3v) is 5.99. The van der Waals surface area contributed by atoms with Gasteiger partial charge in [-0.15, -0.1) is 0 Å². The van der Waals surface area contributed by atoms with Crippen LogP contribution in [0.1, 0.15) is 11.5 Å². The molecule has 0 spiro atoms. The van der Waals surface area contributed by atoms with Crippen LogP contribution in [0.3, 0.4) is 0 Å². The molecule has 2 aromatic carbocycles. The minimum absolute atomic E-state index is 0.0934. The molecule has 1 heterocycles. The van der Waals surface area contributed by atoms with E-state index < -0.39 is 21.6 Å². The fraction of sp³-hybridized carbons (Fsp3) is 0.263. The van der Waals surface area contributed by atoms with Gasteiger partial charge in [-0.05, 0) is 24.3 Å². The van der Waals surface area contributed by atoms with Crippen molar-refractivity contribution < 1.29 is 26.8 Å². The van der Waals surface area contributed by atoms with Crippen molar-refractivity contribution in [3.8, 4) is 22.9 Å². The van der Waals surface area contributed by atoms with Gasteiger partial charge in [0, 0.05) is 18.2 Å². The third kappa shape index (κ3) is 4.72. The lowest BCUT2D eigenvalue weighted by atomic mass is 10.2. The van der Waals surface area contributed by atoms with Crippen molar-refractivity contribution in [1.82, 2.24) is 14.4 Å². The summed E-state index contributed by atoms with van der Waals surface area (Å²) in [5.41, 5.74) is 0.713. The summed E-state index contributed by atoms with van der Waals surface area (Å²) in [5, 5.41) is 3.89. The monoisotopic (exact) mass is 421 g/mol. The number of aromatic nitrogens is 2. The number of hydrogen-bond acceptors (Lipinski definition) is 7. The molecule has 0 bridgehead atoms. The second-order valence-corrected chi connectivity index (χ2v) is 8.26. The summed E-state index contributed by atoms with van der Waals surface area (Å²) in [5.74, 6) is 0.403. The Morgan fingerprint density at radius 2 is 1.83 bits per heavy atom. The van der Waals surface area contributed by atoms with Gasteiger partial charge < -0.3 is 14.0 Å². The zero-order chi connectivity index (χ0) is 21.0. The molecule has 10 heteroatoms. The highest BCUT2D eigenvalue weighted by atomic mass is 32.2. The predicted octanol–water partition coefficient (Wildman–Crippen LogP) is 2.85. The Balaban J connectivity index is 1.75. The van der Waals surface area contributed by atoms with E-state index in [0.29, 0.717) is 17.1 Å². The Kier molecular flexibility index (Phi) is 6.14. The topological polar surface area (TPSA) is 94.8 Å². The van der Waals surface area contributed by atoms with Gasteiger partial charge in [-0.2, -0.15) is 9.29 Å². The molecular formula is C19H20FN3O5S. The summed E-state index contributed by atoms with van der Waals surface area (Å²) in [7, 11) is 0.633. The number of nitrogens with zero attached hydrogens (tertiary/aromatic N) is 3. The summed E-state index contributed by atoms with van der Waals surface area (Å²) in [6.45, 7) is -0.142. The van der Waals surface area contributed by atoms with E-state index in [1.807, 2.05) is 0 Å². The smallest absolute Gasteiger partial charge is 0.242 e. The van der Waals surface area contributed by atoms with Crippen molar-refractivity contribution in [3.63, 3.8) is 0 Å². The maximum atomic E-state index is 13.8. The second kappa shape index (κ2) is 8.58. The van der Waals surface area contributed by atoms with E-state index in [1.165, 1.54) is 39.5 Å². The third-order valence-electron chi connectivity index (χ3n) is 4.24. The van der Waals surface area contributed by atoms with E-state index in [9.17, 15) is 12.8 Å². The Morgan fingerprint density at radius 1 is 1.10 bits per heavy atom. The molecule has 3 aromatic rings. The van der Waals surface area contributed by atoms with E-state index in [2.05, 4.69) is 10.1 Å². The SMILES string of the molecule is COc1ccc(-c2noc(CN(C)S(=O)(=O)Cc3ccccc3F)n2)cc1OC. The maximum absolute atomic E-state index is 13.8. The lowest BCUT2D eigenvalue weighted by Gasteiger charge is -2.15. The molecule has 0 saturated heterocycles. The van der Waals surface area contributed by atoms with Crippen molar-refractivity contribution in [2.75, 3.05) is 21.3 Å². The van der Waals surface area contributed by atoms with Crippen LogP contribution in [0.25, 0.3) is 11.4 Å². The van der Waals surface area contributed by atoms with Crippen LogP contribution >= 0.6 is 0 Å². The predicted molar refractivity (Wildman–Crippen MR) is 103 cm³/mol. The van der Waals surface area contributed by atoms with Gasteiger partial charge in [-0.1, -0.05) is 23.4 Å². The molecule has 0 radical (unpaired) electrons. The van der Waals surface area contributed by atoms with Crippen molar-refractivity contribution in [2.45, 2.75) is 12.3 Å². The van der Waals surface area contributed by atoms with Crippen molar-refractivity contribution in [1.29, 1.82) is 0 Å². The maximum Gasteiger partial charge on any atom is 0.242 e. The summed E-state index contributed by atoms with van der Waals surface area (Å²) in [6.07, 6.45) is 0. The van der Waals surface area contributed by atoms with Gasteiger partial charge in [0.05, 0.1) is 26.5 Å². The van der Waals surface area contributed by atoms with E-state index in [1.54, 1.807) is 24.3 Å². The molecule has 8 nitrogen and oxygen atoms in total. The van der Waals surface area contributed by atoms with Crippen LogP contribution < -0.4 is 9.47 Å².